The molecule has 5 heteroatoms. The summed E-state index contributed by atoms with van der Waals surface area (Å²) < 4.78 is 5.00. The largest absolute Gasteiger partial charge is 0.481 e. The van der Waals surface area contributed by atoms with Gasteiger partial charge in [-0.1, -0.05) is 0 Å². The molecule has 0 spiro atoms. The van der Waals surface area contributed by atoms with Gasteiger partial charge < -0.3 is 10.1 Å². The van der Waals surface area contributed by atoms with E-state index in [0.717, 1.165) is 6.54 Å². The van der Waals surface area contributed by atoms with E-state index in [0.29, 0.717) is 11.8 Å². The van der Waals surface area contributed by atoms with Gasteiger partial charge in [-0.05, 0) is 22.4 Å². The first-order valence-electron chi connectivity index (χ1n) is 4.50. The molecule has 15 heavy (non-hydrogen) atoms. The van der Waals surface area contributed by atoms with Crippen molar-refractivity contribution < 1.29 is 4.74 Å². The molecule has 0 bridgehead atoms. The van der Waals surface area contributed by atoms with Crippen LogP contribution in [-0.4, -0.2) is 17.1 Å². The number of thiophene rings is 1. The summed E-state index contributed by atoms with van der Waals surface area (Å²) in [5, 5.41) is 7.26. The zero-order valence-electron chi connectivity index (χ0n) is 8.30. The molecule has 0 aromatic carbocycles. The van der Waals surface area contributed by atoms with Gasteiger partial charge in [0.15, 0.2) is 0 Å². The minimum atomic E-state index is 0.567. The van der Waals surface area contributed by atoms with E-state index in [9.17, 15) is 0 Å². The Morgan fingerprint density at radius 1 is 1.47 bits per heavy atom. The van der Waals surface area contributed by atoms with Gasteiger partial charge in [0.25, 0.3) is 0 Å². The summed E-state index contributed by atoms with van der Waals surface area (Å²) in [5.74, 6) is 1.15. The SMILES string of the molecule is COc1ccnc(NCc2ccsc2)n1. The summed E-state index contributed by atoms with van der Waals surface area (Å²) in [7, 11) is 1.59. The molecule has 78 valence electrons. The summed E-state index contributed by atoms with van der Waals surface area (Å²) in [6.07, 6.45) is 1.67. The summed E-state index contributed by atoms with van der Waals surface area (Å²) >= 11 is 1.68. The van der Waals surface area contributed by atoms with Crippen molar-refractivity contribution in [3.63, 3.8) is 0 Å². The highest BCUT2D eigenvalue weighted by atomic mass is 32.1. The van der Waals surface area contributed by atoms with Crippen molar-refractivity contribution in [2.45, 2.75) is 6.54 Å². The topological polar surface area (TPSA) is 47.0 Å². The number of hydrogen-bond acceptors (Lipinski definition) is 5. The smallest absolute Gasteiger partial charge is 0.226 e. The molecule has 0 radical (unpaired) electrons. The second-order valence-electron chi connectivity index (χ2n) is 2.91. The van der Waals surface area contributed by atoms with Crippen molar-refractivity contribution in [1.82, 2.24) is 9.97 Å². The highest BCUT2D eigenvalue weighted by Gasteiger charge is 1.98. The van der Waals surface area contributed by atoms with Crippen LogP contribution in [0.5, 0.6) is 5.88 Å². The van der Waals surface area contributed by atoms with Gasteiger partial charge in [0.05, 0.1) is 7.11 Å². The van der Waals surface area contributed by atoms with Gasteiger partial charge in [0, 0.05) is 18.8 Å². The van der Waals surface area contributed by atoms with Crippen LogP contribution in [0.2, 0.25) is 0 Å². The molecular formula is C10H11N3OS. The number of ether oxygens (including phenoxy) is 1. The first-order chi connectivity index (χ1) is 7.38. The standard InChI is InChI=1S/C10H11N3OS/c1-14-9-2-4-11-10(13-9)12-6-8-3-5-15-7-8/h2-5,7H,6H2,1H3,(H,11,12,13). The maximum absolute atomic E-state index is 5.00. The predicted molar refractivity (Wildman–Crippen MR) is 60.2 cm³/mol. The Balaban J connectivity index is 1.98. The Hall–Kier alpha value is -1.62. The molecule has 0 aliphatic carbocycles. The molecular weight excluding hydrogens is 210 g/mol. The third-order valence-corrected chi connectivity index (χ3v) is 2.60. The lowest BCUT2D eigenvalue weighted by molar-refractivity contribution is 0.397. The quantitative estimate of drug-likeness (QED) is 0.859. The third-order valence-electron chi connectivity index (χ3n) is 1.87. The Bertz CT molecular complexity index is 416. The van der Waals surface area contributed by atoms with Gasteiger partial charge in [0.1, 0.15) is 0 Å². The molecule has 1 N–H and O–H groups in total. The summed E-state index contributed by atoms with van der Waals surface area (Å²) in [5.41, 5.74) is 1.23. The van der Waals surface area contributed by atoms with E-state index in [1.165, 1.54) is 5.56 Å². The van der Waals surface area contributed by atoms with Crippen molar-refractivity contribution in [2.75, 3.05) is 12.4 Å². The molecule has 0 amide bonds. The second kappa shape index (κ2) is 4.75. The number of nitrogens with one attached hydrogen (secondary N) is 1. The van der Waals surface area contributed by atoms with Crippen molar-refractivity contribution in [1.29, 1.82) is 0 Å². The molecule has 0 unspecified atom stereocenters. The number of rotatable bonds is 4. The van der Waals surface area contributed by atoms with Crippen molar-refractivity contribution in [3.8, 4) is 5.88 Å². The molecule has 0 aliphatic heterocycles. The fraction of sp³-hybridized carbons (Fsp3) is 0.200. The van der Waals surface area contributed by atoms with E-state index in [4.69, 9.17) is 4.74 Å². The number of hydrogen-bond donors (Lipinski definition) is 1. The number of methoxy groups -OCH3 is 1. The van der Waals surface area contributed by atoms with Gasteiger partial charge in [-0.3, -0.25) is 0 Å². The van der Waals surface area contributed by atoms with Crippen LogP contribution in [0.25, 0.3) is 0 Å². The second-order valence-corrected chi connectivity index (χ2v) is 3.69. The van der Waals surface area contributed by atoms with E-state index in [1.54, 1.807) is 30.7 Å². The maximum atomic E-state index is 5.00. The van der Waals surface area contributed by atoms with Crippen LogP contribution in [-0.2, 0) is 6.54 Å². The van der Waals surface area contributed by atoms with E-state index in [2.05, 4.69) is 26.7 Å². The third kappa shape index (κ3) is 2.66. The lowest BCUT2D eigenvalue weighted by Crippen LogP contribution is -2.03. The minimum absolute atomic E-state index is 0.567. The van der Waals surface area contributed by atoms with Gasteiger partial charge in [0.2, 0.25) is 11.8 Å². The first kappa shape index (κ1) is 9.92. The van der Waals surface area contributed by atoms with Crippen LogP contribution in [0.15, 0.2) is 29.1 Å². The van der Waals surface area contributed by atoms with Gasteiger partial charge in [-0.25, -0.2) is 4.98 Å². The highest BCUT2D eigenvalue weighted by Crippen LogP contribution is 2.10. The molecule has 0 atom stereocenters. The minimum Gasteiger partial charge on any atom is -0.481 e. The first-order valence-corrected chi connectivity index (χ1v) is 5.45. The Labute approximate surface area is 92.0 Å². The van der Waals surface area contributed by atoms with Crippen LogP contribution in [0, 0.1) is 0 Å². The Morgan fingerprint density at radius 3 is 3.13 bits per heavy atom. The van der Waals surface area contributed by atoms with Crippen LogP contribution < -0.4 is 10.1 Å². The molecule has 2 rings (SSSR count). The average molecular weight is 221 g/mol. The Kier molecular flexibility index (Phi) is 3.14. The van der Waals surface area contributed by atoms with Crippen molar-refractivity contribution in [2.24, 2.45) is 0 Å². The van der Waals surface area contributed by atoms with Gasteiger partial charge in [-0.2, -0.15) is 16.3 Å². The zero-order chi connectivity index (χ0) is 10.5. The summed E-state index contributed by atoms with van der Waals surface area (Å²) in [6, 6.07) is 3.79. The van der Waals surface area contributed by atoms with Crippen LogP contribution >= 0.6 is 11.3 Å². The average Bonchev–Trinajstić information content (AvgIpc) is 2.79. The monoisotopic (exact) mass is 221 g/mol. The van der Waals surface area contributed by atoms with E-state index in [-0.39, 0.29) is 0 Å². The molecule has 2 heterocycles. The van der Waals surface area contributed by atoms with Crippen LogP contribution in [0.4, 0.5) is 5.95 Å². The Morgan fingerprint density at radius 2 is 2.40 bits per heavy atom. The maximum Gasteiger partial charge on any atom is 0.226 e. The van der Waals surface area contributed by atoms with E-state index >= 15 is 0 Å². The molecule has 2 aromatic heterocycles. The number of anilines is 1. The van der Waals surface area contributed by atoms with Crippen molar-refractivity contribution >= 4 is 17.3 Å². The molecule has 0 aliphatic rings. The molecule has 0 saturated carbocycles. The van der Waals surface area contributed by atoms with Crippen molar-refractivity contribution in [3.05, 3.63) is 34.7 Å². The summed E-state index contributed by atoms with van der Waals surface area (Å²) in [6.45, 7) is 0.733. The lowest BCUT2D eigenvalue weighted by atomic mass is 10.3. The predicted octanol–water partition coefficient (Wildman–Crippen LogP) is 2.16. The van der Waals surface area contributed by atoms with Gasteiger partial charge >= 0.3 is 0 Å². The van der Waals surface area contributed by atoms with E-state index in [1.807, 2.05) is 5.38 Å². The van der Waals surface area contributed by atoms with Crippen LogP contribution in [0.1, 0.15) is 5.56 Å². The number of aromatic nitrogens is 2. The van der Waals surface area contributed by atoms with Gasteiger partial charge in [-0.15, -0.1) is 0 Å². The van der Waals surface area contributed by atoms with E-state index < -0.39 is 0 Å². The molecule has 0 saturated heterocycles. The fourth-order valence-electron chi connectivity index (χ4n) is 1.12. The highest BCUT2D eigenvalue weighted by molar-refractivity contribution is 7.07. The molecule has 2 aromatic rings. The lowest BCUT2D eigenvalue weighted by Gasteiger charge is -2.04. The normalized spacial score (nSPS) is 9.93. The van der Waals surface area contributed by atoms with Crippen LogP contribution in [0.3, 0.4) is 0 Å². The summed E-state index contributed by atoms with van der Waals surface area (Å²) in [4.78, 5) is 8.24. The fourth-order valence-corrected chi connectivity index (χ4v) is 1.78. The molecule has 0 fully saturated rings. The molecule has 4 nitrogen and oxygen atoms in total. The number of nitrogens with zero attached hydrogens (tertiary/aromatic N) is 2. The zero-order valence-corrected chi connectivity index (χ0v) is 9.12.